The summed E-state index contributed by atoms with van der Waals surface area (Å²) in [5.41, 5.74) is 8.83. The van der Waals surface area contributed by atoms with E-state index in [1.54, 1.807) is 0 Å². The summed E-state index contributed by atoms with van der Waals surface area (Å²) in [6.45, 7) is 5.44. The number of benzene rings is 1. The second kappa shape index (κ2) is 5.61. The topological polar surface area (TPSA) is 47.1 Å². The third kappa shape index (κ3) is 2.89. The van der Waals surface area contributed by atoms with Gasteiger partial charge in [0.05, 0.1) is 11.0 Å². The Labute approximate surface area is 115 Å². The molecule has 1 aromatic heterocycles. The van der Waals surface area contributed by atoms with Gasteiger partial charge < -0.3 is 15.2 Å². The van der Waals surface area contributed by atoms with Gasteiger partial charge >= 0.3 is 0 Å². The van der Waals surface area contributed by atoms with E-state index in [0.717, 1.165) is 36.4 Å². The SMILES string of the molecule is CCCc1nc2cc(N)ccc2n1C(C)CN(C)C. The van der Waals surface area contributed by atoms with Gasteiger partial charge in [0.1, 0.15) is 5.82 Å². The zero-order valence-electron chi connectivity index (χ0n) is 12.3. The first-order valence-electron chi connectivity index (χ1n) is 6.94. The molecule has 1 unspecified atom stereocenters. The van der Waals surface area contributed by atoms with Crippen molar-refractivity contribution in [2.45, 2.75) is 32.7 Å². The van der Waals surface area contributed by atoms with Crippen molar-refractivity contribution < 1.29 is 0 Å². The molecule has 19 heavy (non-hydrogen) atoms. The molecule has 0 fully saturated rings. The minimum absolute atomic E-state index is 0.408. The van der Waals surface area contributed by atoms with Crippen LogP contribution in [-0.4, -0.2) is 35.1 Å². The number of nitrogens with two attached hydrogens (primary N) is 1. The highest BCUT2D eigenvalue weighted by molar-refractivity contribution is 5.79. The molecule has 104 valence electrons. The molecule has 0 bridgehead atoms. The Morgan fingerprint density at radius 2 is 2.11 bits per heavy atom. The van der Waals surface area contributed by atoms with Crippen LogP contribution in [0.4, 0.5) is 5.69 Å². The molecule has 1 heterocycles. The molecular formula is C15H24N4. The van der Waals surface area contributed by atoms with Crippen molar-refractivity contribution in [1.82, 2.24) is 14.5 Å². The summed E-state index contributed by atoms with van der Waals surface area (Å²) in [5.74, 6) is 1.16. The minimum Gasteiger partial charge on any atom is -0.399 e. The summed E-state index contributed by atoms with van der Waals surface area (Å²) < 4.78 is 2.36. The molecule has 1 atom stereocenters. The Morgan fingerprint density at radius 1 is 1.37 bits per heavy atom. The molecule has 0 saturated heterocycles. The fourth-order valence-corrected chi connectivity index (χ4v) is 2.67. The number of imidazole rings is 1. The van der Waals surface area contributed by atoms with E-state index in [1.807, 2.05) is 12.1 Å². The first-order chi connectivity index (χ1) is 9.02. The van der Waals surface area contributed by atoms with Crippen molar-refractivity contribution in [3.63, 3.8) is 0 Å². The van der Waals surface area contributed by atoms with Gasteiger partial charge in [-0.25, -0.2) is 4.98 Å². The number of fused-ring (bicyclic) bond motifs is 1. The largest absolute Gasteiger partial charge is 0.399 e. The van der Waals surface area contributed by atoms with Gasteiger partial charge in [0.25, 0.3) is 0 Å². The summed E-state index contributed by atoms with van der Waals surface area (Å²) in [6, 6.07) is 6.42. The number of rotatable bonds is 5. The molecule has 0 spiro atoms. The van der Waals surface area contributed by atoms with E-state index in [9.17, 15) is 0 Å². The quantitative estimate of drug-likeness (QED) is 0.841. The number of hydrogen-bond donors (Lipinski definition) is 1. The van der Waals surface area contributed by atoms with E-state index in [2.05, 4.69) is 43.5 Å². The highest BCUT2D eigenvalue weighted by atomic mass is 15.2. The van der Waals surface area contributed by atoms with Gasteiger partial charge in [0, 0.05) is 24.7 Å². The highest BCUT2D eigenvalue weighted by Gasteiger charge is 2.15. The van der Waals surface area contributed by atoms with Gasteiger partial charge in [-0.1, -0.05) is 6.92 Å². The number of likely N-dealkylation sites (N-methyl/N-ethyl adjacent to an activating group) is 1. The van der Waals surface area contributed by atoms with Crippen LogP contribution < -0.4 is 5.73 Å². The van der Waals surface area contributed by atoms with Crippen LogP contribution in [0, 0.1) is 0 Å². The summed E-state index contributed by atoms with van der Waals surface area (Å²) >= 11 is 0. The lowest BCUT2D eigenvalue weighted by Gasteiger charge is -2.21. The van der Waals surface area contributed by atoms with Crippen molar-refractivity contribution in [3.05, 3.63) is 24.0 Å². The lowest BCUT2D eigenvalue weighted by Crippen LogP contribution is -2.23. The maximum atomic E-state index is 5.86. The fourth-order valence-electron chi connectivity index (χ4n) is 2.67. The molecular weight excluding hydrogens is 236 g/mol. The van der Waals surface area contributed by atoms with Crippen molar-refractivity contribution in [3.8, 4) is 0 Å². The van der Waals surface area contributed by atoms with Gasteiger partial charge in [0.15, 0.2) is 0 Å². The first kappa shape index (κ1) is 13.9. The average molecular weight is 260 g/mol. The minimum atomic E-state index is 0.408. The van der Waals surface area contributed by atoms with Crippen molar-refractivity contribution in [2.24, 2.45) is 0 Å². The third-order valence-corrected chi connectivity index (χ3v) is 3.33. The molecule has 4 nitrogen and oxygen atoms in total. The zero-order valence-corrected chi connectivity index (χ0v) is 12.3. The van der Waals surface area contributed by atoms with E-state index in [-0.39, 0.29) is 0 Å². The molecule has 2 N–H and O–H groups in total. The fraction of sp³-hybridized carbons (Fsp3) is 0.533. The van der Waals surface area contributed by atoms with E-state index in [0.29, 0.717) is 6.04 Å². The number of aryl methyl sites for hydroxylation is 1. The summed E-state index contributed by atoms with van der Waals surface area (Å²) in [6.07, 6.45) is 2.11. The second-order valence-electron chi connectivity index (χ2n) is 5.51. The third-order valence-electron chi connectivity index (χ3n) is 3.33. The summed E-state index contributed by atoms with van der Waals surface area (Å²) in [4.78, 5) is 6.97. The van der Waals surface area contributed by atoms with Gasteiger partial charge in [-0.15, -0.1) is 0 Å². The molecule has 4 heteroatoms. The zero-order chi connectivity index (χ0) is 14.0. The predicted molar refractivity (Wildman–Crippen MR) is 81.4 cm³/mol. The maximum Gasteiger partial charge on any atom is 0.110 e. The van der Waals surface area contributed by atoms with Crippen LogP contribution in [0.2, 0.25) is 0 Å². The van der Waals surface area contributed by atoms with Gasteiger partial charge in [0.2, 0.25) is 0 Å². The van der Waals surface area contributed by atoms with E-state index in [1.165, 1.54) is 5.52 Å². The lowest BCUT2D eigenvalue weighted by molar-refractivity contribution is 0.336. The van der Waals surface area contributed by atoms with Crippen LogP contribution in [0.5, 0.6) is 0 Å². The molecule has 0 amide bonds. The molecule has 2 rings (SSSR count). The van der Waals surface area contributed by atoms with E-state index < -0.39 is 0 Å². The van der Waals surface area contributed by atoms with Crippen LogP contribution in [0.25, 0.3) is 11.0 Å². The van der Waals surface area contributed by atoms with Crippen LogP contribution in [0.15, 0.2) is 18.2 Å². The van der Waals surface area contributed by atoms with Crippen LogP contribution in [0.3, 0.4) is 0 Å². The molecule has 0 aliphatic rings. The molecule has 0 aliphatic heterocycles. The Hall–Kier alpha value is -1.55. The van der Waals surface area contributed by atoms with Gasteiger partial charge in [-0.2, -0.15) is 0 Å². The summed E-state index contributed by atoms with van der Waals surface area (Å²) in [5, 5.41) is 0. The smallest absolute Gasteiger partial charge is 0.110 e. The van der Waals surface area contributed by atoms with Crippen molar-refractivity contribution in [1.29, 1.82) is 0 Å². The lowest BCUT2D eigenvalue weighted by atomic mass is 10.2. The summed E-state index contributed by atoms with van der Waals surface area (Å²) in [7, 11) is 4.21. The molecule has 0 aliphatic carbocycles. The number of nitrogen functional groups attached to an aromatic ring is 1. The molecule has 2 aromatic rings. The molecule has 1 aromatic carbocycles. The molecule has 0 saturated carbocycles. The van der Waals surface area contributed by atoms with Gasteiger partial charge in [-0.3, -0.25) is 0 Å². The Kier molecular flexibility index (Phi) is 4.10. The normalized spacial score (nSPS) is 13.3. The standard InChI is InChI=1S/C15H24N4/c1-5-6-15-17-13-9-12(16)7-8-14(13)19(15)11(2)10-18(3)4/h7-9,11H,5-6,10,16H2,1-4H3. The van der Waals surface area contributed by atoms with Gasteiger partial charge in [-0.05, 0) is 45.6 Å². The van der Waals surface area contributed by atoms with Crippen molar-refractivity contribution >= 4 is 16.7 Å². The predicted octanol–water partition coefficient (Wildman–Crippen LogP) is 2.69. The van der Waals surface area contributed by atoms with Crippen molar-refractivity contribution in [2.75, 3.05) is 26.4 Å². The number of anilines is 1. The van der Waals surface area contributed by atoms with E-state index >= 15 is 0 Å². The first-order valence-corrected chi connectivity index (χ1v) is 6.94. The second-order valence-corrected chi connectivity index (χ2v) is 5.51. The Balaban J connectivity index is 2.51. The monoisotopic (exact) mass is 260 g/mol. The average Bonchev–Trinajstić information content (AvgIpc) is 2.65. The number of nitrogens with zero attached hydrogens (tertiary/aromatic N) is 3. The maximum absolute atomic E-state index is 5.86. The van der Waals surface area contributed by atoms with Crippen LogP contribution in [-0.2, 0) is 6.42 Å². The van der Waals surface area contributed by atoms with Crippen LogP contribution >= 0.6 is 0 Å². The highest BCUT2D eigenvalue weighted by Crippen LogP contribution is 2.24. The number of aromatic nitrogens is 2. The van der Waals surface area contributed by atoms with Crippen LogP contribution in [0.1, 0.15) is 32.1 Å². The Morgan fingerprint density at radius 3 is 2.74 bits per heavy atom. The number of hydrogen-bond acceptors (Lipinski definition) is 3. The van der Waals surface area contributed by atoms with E-state index in [4.69, 9.17) is 10.7 Å². The molecule has 0 radical (unpaired) electrons. The Bertz CT molecular complexity index is 557.